The van der Waals surface area contributed by atoms with Crippen LogP contribution in [0.4, 0.5) is 0 Å². The van der Waals surface area contributed by atoms with E-state index in [9.17, 15) is 4.79 Å². The minimum atomic E-state index is -0.233. The summed E-state index contributed by atoms with van der Waals surface area (Å²) in [6.07, 6.45) is 0. The SMILES string of the molecule is Cc1ccc(-c2ccc3nnn(CCO)c(=O)c3c2)cc1. The van der Waals surface area contributed by atoms with Crippen LogP contribution in [0.1, 0.15) is 5.56 Å². The lowest BCUT2D eigenvalue weighted by Gasteiger charge is -2.06. The fourth-order valence-corrected chi connectivity index (χ4v) is 2.24. The molecule has 0 aliphatic carbocycles. The zero-order chi connectivity index (χ0) is 14.8. The quantitative estimate of drug-likeness (QED) is 0.794. The van der Waals surface area contributed by atoms with Gasteiger partial charge in [0.1, 0.15) is 5.52 Å². The maximum atomic E-state index is 12.3. The van der Waals surface area contributed by atoms with Gasteiger partial charge < -0.3 is 5.11 Å². The van der Waals surface area contributed by atoms with Gasteiger partial charge >= 0.3 is 0 Å². The van der Waals surface area contributed by atoms with Crippen molar-refractivity contribution >= 4 is 10.9 Å². The van der Waals surface area contributed by atoms with E-state index < -0.39 is 0 Å². The van der Waals surface area contributed by atoms with Crippen LogP contribution in [-0.4, -0.2) is 26.7 Å². The van der Waals surface area contributed by atoms with E-state index in [4.69, 9.17) is 5.11 Å². The fraction of sp³-hybridized carbons (Fsp3) is 0.188. The molecule has 5 heteroatoms. The highest BCUT2D eigenvalue weighted by atomic mass is 16.3. The summed E-state index contributed by atoms with van der Waals surface area (Å²) in [5, 5.41) is 17.3. The summed E-state index contributed by atoms with van der Waals surface area (Å²) in [6, 6.07) is 13.7. The molecule has 1 aromatic heterocycles. The normalized spacial score (nSPS) is 11.0. The second-order valence-corrected chi connectivity index (χ2v) is 4.94. The van der Waals surface area contributed by atoms with Gasteiger partial charge in [0, 0.05) is 0 Å². The van der Waals surface area contributed by atoms with Crippen molar-refractivity contribution in [1.29, 1.82) is 0 Å². The number of aliphatic hydroxyl groups excluding tert-OH is 1. The third kappa shape index (κ3) is 2.55. The summed E-state index contributed by atoms with van der Waals surface area (Å²) in [6.45, 7) is 2.04. The van der Waals surface area contributed by atoms with Gasteiger partial charge in [-0.25, -0.2) is 4.68 Å². The standard InChI is InChI=1S/C16H15N3O2/c1-11-2-4-12(5-3-11)13-6-7-15-14(10-13)16(21)19(8-9-20)18-17-15/h2-7,10,20H,8-9H2,1H3. The smallest absolute Gasteiger partial charge is 0.277 e. The van der Waals surface area contributed by atoms with Crippen molar-refractivity contribution in [3.8, 4) is 11.1 Å². The number of aryl methyl sites for hydroxylation is 1. The summed E-state index contributed by atoms with van der Waals surface area (Å²) in [4.78, 5) is 12.3. The summed E-state index contributed by atoms with van der Waals surface area (Å²) in [5.74, 6) is 0. The Morgan fingerprint density at radius 3 is 2.52 bits per heavy atom. The average molecular weight is 281 g/mol. The van der Waals surface area contributed by atoms with Crippen LogP contribution in [0.15, 0.2) is 47.3 Å². The van der Waals surface area contributed by atoms with Gasteiger partial charge in [-0.1, -0.05) is 41.1 Å². The van der Waals surface area contributed by atoms with E-state index in [1.165, 1.54) is 10.2 Å². The molecule has 3 rings (SSSR count). The molecule has 5 nitrogen and oxygen atoms in total. The first kappa shape index (κ1) is 13.5. The molecule has 0 aliphatic heterocycles. The monoisotopic (exact) mass is 281 g/mol. The Balaban J connectivity index is 2.16. The van der Waals surface area contributed by atoms with Crippen molar-refractivity contribution in [1.82, 2.24) is 15.0 Å². The van der Waals surface area contributed by atoms with Crippen LogP contribution in [-0.2, 0) is 6.54 Å². The zero-order valence-corrected chi connectivity index (χ0v) is 11.7. The molecule has 0 saturated heterocycles. The molecule has 0 radical (unpaired) electrons. The molecule has 0 spiro atoms. The summed E-state index contributed by atoms with van der Waals surface area (Å²) >= 11 is 0. The maximum absolute atomic E-state index is 12.3. The minimum absolute atomic E-state index is 0.141. The van der Waals surface area contributed by atoms with Crippen LogP contribution in [0.3, 0.4) is 0 Å². The number of rotatable bonds is 3. The molecule has 0 fully saturated rings. The Kier molecular flexibility index (Phi) is 3.50. The molecule has 1 N–H and O–H groups in total. The largest absolute Gasteiger partial charge is 0.394 e. The van der Waals surface area contributed by atoms with Gasteiger partial charge in [0.2, 0.25) is 0 Å². The number of benzene rings is 2. The van der Waals surface area contributed by atoms with E-state index >= 15 is 0 Å². The zero-order valence-electron chi connectivity index (χ0n) is 11.7. The molecule has 2 aromatic carbocycles. The predicted molar refractivity (Wildman–Crippen MR) is 81.1 cm³/mol. The van der Waals surface area contributed by atoms with Gasteiger partial charge in [-0.05, 0) is 30.2 Å². The third-order valence-electron chi connectivity index (χ3n) is 3.42. The van der Waals surface area contributed by atoms with Crippen molar-refractivity contribution in [3.05, 3.63) is 58.4 Å². The lowest BCUT2D eigenvalue weighted by Crippen LogP contribution is -2.25. The molecule has 0 aliphatic rings. The number of hydrogen-bond acceptors (Lipinski definition) is 4. The highest BCUT2D eigenvalue weighted by molar-refractivity contribution is 5.83. The van der Waals surface area contributed by atoms with Gasteiger partial charge in [-0.3, -0.25) is 4.79 Å². The predicted octanol–water partition coefficient (Wildman–Crippen LogP) is 1.76. The number of fused-ring (bicyclic) bond motifs is 1. The van der Waals surface area contributed by atoms with E-state index in [0.29, 0.717) is 10.9 Å². The lowest BCUT2D eigenvalue weighted by atomic mass is 10.0. The van der Waals surface area contributed by atoms with Gasteiger partial charge in [0.05, 0.1) is 18.5 Å². The number of aliphatic hydroxyl groups is 1. The molecular formula is C16H15N3O2. The van der Waals surface area contributed by atoms with E-state index in [0.717, 1.165) is 11.1 Å². The molecule has 0 saturated carbocycles. The lowest BCUT2D eigenvalue weighted by molar-refractivity contribution is 0.264. The van der Waals surface area contributed by atoms with Crippen molar-refractivity contribution < 1.29 is 5.11 Å². The Morgan fingerprint density at radius 1 is 1.10 bits per heavy atom. The highest BCUT2D eigenvalue weighted by Gasteiger charge is 2.07. The number of nitrogens with zero attached hydrogens (tertiary/aromatic N) is 3. The molecule has 0 bridgehead atoms. The molecule has 3 aromatic rings. The van der Waals surface area contributed by atoms with Crippen molar-refractivity contribution in [2.75, 3.05) is 6.61 Å². The Morgan fingerprint density at radius 2 is 1.81 bits per heavy atom. The molecular weight excluding hydrogens is 266 g/mol. The van der Waals surface area contributed by atoms with E-state index in [1.54, 1.807) is 6.07 Å². The topological polar surface area (TPSA) is 68.0 Å². The Hall–Kier alpha value is -2.53. The van der Waals surface area contributed by atoms with Gasteiger partial charge in [0.15, 0.2) is 0 Å². The van der Waals surface area contributed by atoms with Crippen LogP contribution >= 0.6 is 0 Å². The summed E-state index contributed by atoms with van der Waals surface area (Å²) in [7, 11) is 0. The van der Waals surface area contributed by atoms with Crippen LogP contribution < -0.4 is 5.56 Å². The fourth-order valence-electron chi connectivity index (χ4n) is 2.24. The van der Waals surface area contributed by atoms with Crippen molar-refractivity contribution in [3.63, 3.8) is 0 Å². The summed E-state index contributed by atoms with van der Waals surface area (Å²) < 4.78 is 1.18. The van der Waals surface area contributed by atoms with Gasteiger partial charge in [0.25, 0.3) is 5.56 Å². The number of aromatic nitrogens is 3. The molecule has 1 heterocycles. The summed E-state index contributed by atoms with van der Waals surface area (Å²) in [5.41, 5.74) is 3.53. The number of hydrogen-bond donors (Lipinski definition) is 1. The maximum Gasteiger partial charge on any atom is 0.277 e. The second-order valence-electron chi connectivity index (χ2n) is 4.94. The third-order valence-corrected chi connectivity index (χ3v) is 3.42. The van der Waals surface area contributed by atoms with Crippen molar-refractivity contribution in [2.24, 2.45) is 0 Å². The Labute approximate surface area is 121 Å². The first-order valence-electron chi connectivity index (χ1n) is 6.74. The molecule has 106 valence electrons. The van der Waals surface area contributed by atoms with E-state index in [2.05, 4.69) is 10.3 Å². The average Bonchev–Trinajstić information content (AvgIpc) is 2.51. The first-order chi connectivity index (χ1) is 10.2. The van der Waals surface area contributed by atoms with Crippen LogP contribution in [0, 0.1) is 6.92 Å². The van der Waals surface area contributed by atoms with Gasteiger partial charge in [-0.15, -0.1) is 5.10 Å². The van der Waals surface area contributed by atoms with E-state index in [1.807, 2.05) is 43.3 Å². The van der Waals surface area contributed by atoms with E-state index in [-0.39, 0.29) is 18.7 Å². The molecule has 0 atom stereocenters. The Bertz CT molecular complexity index is 838. The van der Waals surface area contributed by atoms with Crippen LogP contribution in [0.25, 0.3) is 22.0 Å². The van der Waals surface area contributed by atoms with Crippen molar-refractivity contribution in [2.45, 2.75) is 13.5 Å². The second kappa shape index (κ2) is 5.46. The highest BCUT2D eigenvalue weighted by Crippen LogP contribution is 2.22. The van der Waals surface area contributed by atoms with Crippen LogP contribution in [0.5, 0.6) is 0 Å². The minimum Gasteiger partial charge on any atom is -0.394 e. The first-order valence-corrected chi connectivity index (χ1v) is 6.74. The molecule has 21 heavy (non-hydrogen) atoms. The molecule has 0 unspecified atom stereocenters. The van der Waals surface area contributed by atoms with Crippen LogP contribution in [0.2, 0.25) is 0 Å². The van der Waals surface area contributed by atoms with Gasteiger partial charge in [-0.2, -0.15) is 0 Å². The molecule has 0 amide bonds.